The zero-order valence-corrected chi connectivity index (χ0v) is 10.3. The number of hydrogen-bond acceptors (Lipinski definition) is 3. The average molecular weight is 228 g/mol. The van der Waals surface area contributed by atoms with Crippen LogP contribution >= 0.6 is 11.6 Å². The molecule has 1 atom stereocenters. The van der Waals surface area contributed by atoms with Crippen molar-refractivity contribution >= 4 is 17.3 Å². The summed E-state index contributed by atoms with van der Waals surface area (Å²) >= 11 is 6.00. The van der Waals surface area contributed by atoms with Crippen LogP contribution in [0.2, 0.25) is 5.02 Å². The first kappa shape index (κ1) is 12.3. The standard InChI is InChI=1S/C11H18ClN3/c1-9(5-7-15(2)3)14-11-4-6-13-8-10(11)12/h4,6,8-9H,5,7H2,1-3H3,(H,13,14). The van der Waals surface area contributed by atoms with Gasteiger partial charge in [0.25, 0.3) is 0 Å². The minimum atomic E-state index is 0.410. The fourth-order valence-corrected chi connectivity index (χ4v) is 1.46. The molecule has 0 aliphatic carbocycles. The van der Waals surface area contributed by atoms with Gasteiger partial charge in [-0.1, -0.05) is 11.6 Å². The predicted octanol–water partition coefficient (Wildman–Crippen LogP) is 2.49. The van der Waals surface area contributed by atoms with Gasteiger partial charge >= 0.3 is 0 Å². The summed E-state index contributed by atoms with van der Waals surface area (Å²) in [6.07, 6.45) is 4.49. The first-order chi connectivity index (χ1) is 7.09. The maximum absolute atomic E-state index is 6.00. The molecule has 0 saturated carbocycles. The second-order valence-electron chi connectivity index (χ2n) is 3.99. The van der Waals surface area contributed by atoms with Gasteiger partial charge in [0.1, 0.15) is 0 Å². The molecule has 15 heavy (non-hydrogen) atoms. The number of rotatable bonds is 5. The van der Waals surface area contributed by atoms with E-state index in [0.29, 0.717) is 11.1 Å². The van der Waals surface area contributed by atoms with Crippen LogP contribution in [0.3, 0.4) is 0 Å². The summed E-state index contributed by atoms with van der Waals surface area (Å²) in [6, 6.07) is 2.31. The van der Waals surface area contributed by atoms with Gasteiger partial charge in [-0.25, -0.2) is 0 Å². The number of anilines is 1. The van der Waals surface area contributed by atoms with E-state index in [2.05, 4.69) is 36.2 Å². The molecule has 1 N–H and O–H groups in total. The van der Waals surface area contributed by atoms with E-state index in [0.717, 1.165) is 18.7 Å². The molecule has 0 amide bonds. The van der Waals surface area contributed by atoms with E-state index in [1.807, 2.05) is 6.07 Å². The fraction of sp³-hybridized carbons (Fsp3) is 0.545. The van der Waals surface area contributed by atoms with E-state index < -0.39 is 0 Å². The van der Waals surface area contributed by atoms with Crippen LogP contribution in [0.5, 0.6) is 0 Å². The normalized spacial score (nSPS) is 12.9. The van der Waals surface area contributed by atoms with Crippen molar-refractivity contribution in [3.63, 3.8) is 0 Å². The molecule has 3 nitrogen and oxygen atoms in total. The minimum absolute atomic E-state index is 0.410. The van der Waals surface area contributed by atoms with Crippen LogP contribution < -0.4 is 5.32 Å². The SMILES string of the molecule is CC(CCN(C)C)Nc1ccncc1Cl. The van der Waals surface area contributed by atoms with Gasteiger partial charge in [0.05, 0.1) is 10.7 Å². The Labute approximate surface area is 96.5 Å². The van der Waals surface area contributed by atoms with Crippen LogP contribution in [0.1, 0.15) is 13.3 Å². The summed E-state index contributed by atoms with van der Waals surface area (Å²) in [5.41, 5.74) is 0.956. The lowest BCUT2D eigenvalue weighted by molar-refractivity contribution is 0.390. The van der Waals surface area contributed by atoms with Crippen molar-refractivity contribution in [2.75, 3.05) is 26.0 Å². The van der Waals surface area contributed by atoms with Gasteiger partial charge in [-0.15, -0.1) is 0 Å². The van der Waals surface area contributed by atoms with E-state index in [-0.39, 0.29) is 0 Å². The van der Waals surface area contributed by atoms with Crippen molar-refractivity contribution < 1.29 is 0 Å². The Morgan fingerprint density at radius 2 is 2.27 bits per heavy atom. The summed E-state index contributed by atoms with van der Waals surface area (Å²) in [5.74, 6) is 0. The summed E-state index contributed by atoms with van der Waals surface area (Å²) in [5, 5.41) is 4.04. The van der Waals surface area contributed by atoms with Gasteiger partial charge in [0.15, 0.2) is 0 Å². The third-order valence-electron chi connectivity index (χ3n) is 2.18. The monoisotopic (exact) mass is 227 g/mol. The predicted molar refractivity (Wildman–Crippen MR) is 65.5 cm³/mol. The van der Waals surface area contributed by atoms with Crippen molar-refractivity contribution in [1.29, 1.82) is 0 Å². The Bertz CT molecular complexity index is 302. The first-order valence-electron chi connectivity index (χ1n) is 5.10. The molecule has 4 heteroatoms. The molecular weight excluding hydrogens is 210 g/mol. The van der Waals surface area contributed by atoms with E-state index in [1.54, 1.807) is 12.4 Å². The Kier molecular flexibility index (Phi) is 4.85. The van der Waals surface area contributed by atoms with Crippen LogP contribution in [0.4, 0.5) is 5.69 Å². The maximum atomic E-state index is 6.00. The van der Waals surface area contributed by atoms with Crippen molar-refractivity contribution in [3.05, 3.63) is 23.5 Å². The number of aromatic nitrogens is 1. The second-order valence-corrected chi connectivity index (χ2v) is 4.40. The molecule has 1 aromatic rings. The molecule has 0 radical (unpaired) electrons. The summed E-state index contributed by atoms with van der Waals surface area (Å²) in [7, 11) is 4.15. The van der Waals surface area contributed by atoms with Crippen LogP contribution in [0.25, 0.3) is 0 Å². The lowest BCUT2D eigenvalue weighted by Crippen LogP contribution is -2.23. The van der Waals surface area contributed by atoms with Crippen molar-refractivity contribution in [3.8, 4) is 0 Å². The highest BCUT2D eigenvalue weighted by molar-refractivity contribution is 6.33. The number of halogens is 1. The lowest BCUT2D eigenvalue weighted by atomic mass is 10.2. The first-order valence-corrected chi connectivity index (χ1v) is 5.48. The molecule has 1 unspecified atom stereocenters. The quantitative estimate of drug-likeness (QED) is 0.838. The smallest absolute Gasteiger partial charge is 0.0820 e. The van der Waals surface area contributed by atoms with Crippen LogP contribution in [-0.4, -0.2) is 36.6 Å². The van der Waals surface area contributed by atoms with Crippen molar-refractivity contribution in [1.82, 2.24) is 9.88 Å². The van der Waals surface area contributed by atoms with Crippen molar-refractivity contribution in [2.45, 2.75) is 19.4 Å². The highest BCUT2D eigenvalue weighted by Crippen LogP contribution is 2.20. The Morgan fingerprint density at radius 3 is 2.87 bits per heavy atom. The summed E-state index contributed by atoms with van der Waals surface area (Å²) < 4.78 is 0. The van der Waals surface area contributed by atoms with Gasteiger partial charge in [-0.2, -0.15) is 0 Å². The molecule has 0 spiro atoms. The van der Waals surface area contributed by atoms with Gasteiger partial charge < -0.3 is 10.2 Å². The molecule has 1 heterocycles. The summed E-state index contributed by atoms with van der Waals surface area (Å²) in [4.78, 5) is 6.12. The van der Waals surface area contributed by atoms with Crippen LogP contribution in [-0.2, 0) is 0 Å². The molecule has 0 saturated heterocycles. The van der Waals surface area contributed by atoms with Gasteiger partial charge in [-0.3, -0.25) is 4.98 Å². The van der Waals surface area contributed by atoms with E-state index in [4.69, 9.17) is 11.6 Å². The van der Waals surface area contributed by atoms with Gasteiger partial charge in [0, 0.05) is 18.4 Å². The van der Waals surface area contributed by atoms with Gasteiger partial charge in [-0.05, 0) is 40.1 Å². The lowest BCUT2D eigenvalue weighted by Gasteiger charge is -2.18. The number of nitrogens with one attached hydrogen (secondary N) is 1. The number of hydrogen-bond donors (Lipinski definition) is 1. The highest BCUT2D eigenvalue weighted by atomic mass is 35.5. The zero-order valence-electron chi connectivity index (χ0n) is 9.50. The zero-order chi connectivity index (χ0) is 11.3. The third kappa shape index (κ3) is 4.49. The second kappa shape index (κ2) is 5.93. The fourth-order valence-electron chi connectivity index (χ4n) is 1.28. The van der Waals surface area contributed by atoms with Crippen LogP contribution in [0.15, 0.2) is 18.5 Å². The molecule has 1 aromatic heterocycles. The Hall–Kier alpha value is -0.800. The molecular formula is C11H18ClN3. The highest BCUT2D eigenvalue weighted by Gasteiger charge is 2.05. The molecule has 0 aliphatic heterocycles. The van der Waals surface area contributed by atoms with E-state index >= 15 is 0 Å². The Morgan fingerprint density at radius 1 is 1.53 bits per heavy atom. The number of nitrogens with zero attached hydrogens (tertiary/aromatic N) is 2. The van der Waals surface area contributed by atoms with Gasteiger partial charge in [0.2, 0.25) is 0 Å². The molecule has 0 aromatic carbocycles. The molecule has 0 bridgehead atoms. The third-order valence-corrected chi connectivity index (χ3v) is 2.48. The van der Waals surface area contributed by atoms with E-state index in [1.165, 1.54) is 0 Å². The van der Waals surface area contributed by atoms with Crippen LogP contribution in [0, 0.1) is 0 Å². The largest absolute Gasteiger partial charge is 0.381 e. The topological polar surface area (TPSA) is 28.2 Å². The molecule has 0 fully saturated rings. The molecule has 84 valence electrons. The number of pyridine rings is 1. The summed E-state index contributed by atoms with van der Waals surface area (Å²) in [6.45, 7) is 3.22. The molecule has 0 aliphatic rings. The average Bonchev–Trinajstić information content (AvgIpc) is 2.18. The molecule has 1 rings (SSSR count). The minimum Gasteiger partial charge on any atom is -0.381 e. The van der Waals surface area contributed by atoms with Crippen molar-refractivity contribution in [2.24, 2.45) is 0 Å². The van der Waals surface area contributed by atoms with E-state index in [9.17, 15) is 0 Å². The Balaban J connectivity index is 2.44. The maximum Gasteiger partial charge on any atom is 0.0820 e.